The van der Waals surface area contributed by atoms with E-state index in [2.05, 4.69) is 181 Å². The molecule has 8 aromatic carbocycles. The number of nitrogens with zero attached hydrogens (tertiary/aromatic N) is 1. The summed E-state index contributed by atoms with van der Waals surface area (Å²) in [7, 11) is 0. The zero-order valence-electron chi connectivity index (χ0n) is 27.7. The van der Waals surface area contributed by atoms with E-state index >= 15 is 0 Å². The predicted octanol–water partition coefficient (Wildman–Crippen LogP) is 14.0. The van der Waals surface area contributed by atoms with Gasteiger partial charge in [0, 0.05) is 44.7 Å². The van der Waals surface area contributed by atoms with Crippen molar-refractivity contribution >= 4 is 60.9 Å². The number of rotatable bonds is 6. The minimum atomic E-state index is 0.828. The Morgan fingerprint density at radius 3 is 1.37 bits per heavy atom. The summed E-state index contributed by atoms with van der Waals surface area (Å²) in [5.41, 5.74) is 13.6. The van der Waals surface area contributed by atoms with Crippen molar-refractivity contribution in [2.75, 3.05) is 4.90 Å². The van der Waals surface area contributed by atoms with Crippen LogP contribution < -0.4 is 4.90 Å². The highest BCUT2D eigenvalue weighted by atomic mass is 16.3. The minimum Gasteiger partial charge on any atom is -0.456 e. The lowest BCUT2D eigenvalue weighted by Crippen LogP contribution is -2.09. The van der Waals surface area contributed by atoms with Crippen molar-refractivity contribution in [3.05, 3.63) is 188 Å². The van der Waals surface area contributed by atoms with E-state index in [0.29, 0.717) is 0 Å². The van der Waals surface area contributed by atoms with Gasteiger partial charge in [-0.05, 0) is 88.0 Å². The second-order valence-electron chi connectivity index (χ2n) is 12.9. The normalized spacial score (nSPS) is 11.5. The van der Waals surface area contributed by atoms with Crippen LogP contribution in [0.1, 0.15) is 0 Å². The maximum absolute atomic E-state index is 6.67. The minimum absolute atomic E-state index is 0.828. The Morgan fingerprint density at radius 2 is 0.765 bits per heavy atom. The molecular formula is C48H31NO2. The molecule has 10 aromatic rings. The van der Waals surface area contributed by atoms with E-state index in [1.807, 2.05) is 12.1 Å². The molecule has 240 valence electrons. The van der Waals surface area contributed by atoms with Gasteiger partial charge in [0.15, 0.2) is 0 Å². The molecule has 0 spiro atoms. The highest BCUT2D eigenvalue weighted by molar-refractivity contribution is 6.18. The molecule has 3 heteroatoms. The molecule has 0 saturated heterocycles. The predicted molar refractivity (Wildman–Crippen MR) is 212 cm³/mol. The smallest absolute Gasteiger partial charge is 0.137 e. The first-order chi connectivity index (χ1) is 25.3. The Labute approximate surface area is 295 Å². The van der Waals surface area contributed by atoms with Crippen molar-refractivity contribution in [2.24, 2.45) is 0 Å². The lowest BCUT2D eigenvalue weighted by atomic mass is 9.99. The van der Waals surface area contributed by atoms with Gasteiger partial charge in [-0.3, -0.25) is 0 Å². The largest absolute Gasteiger partial charge is 0.456 e. The van der Waals surface area contributed by atoms with E-state index in [-0.39, 0.29) is 0 Å². The van der Waals surface area contributed by atoms with E-state index in [0.717, 1.165) is 72.1 Å². The van der Waals surface area contributed by atoms with Gasteiger partial charge >= 0.3 is 0 Å². The van der Waals surface area contributed by atoms with Gasteiger partial charge in [0.25, 0.3) is 0 Å². The maximum Gasteiger partial charge on any atom is 0.137 e. The van der Waals surface area contributed by atoms with Gasteiger partial charge in [-0.2, -0.15) is 0 Å². The molecule has 3 nitrogen and oxygen atoms in total. The average Bonchev–Trinajstić information content (AvgIpc) is 3.75. The standard InChI is InChI=1S/C48H31NO2/c1-4-11-32(12-5-1)34-19-23-37(24-20-34)49(38-25-21-35(22-26-38)33-13-6-2-7-14-33)39-27-28-41-42-30-47-43(31-46(42)51-45(41)29-39)48-40(17-10-18-44(48)50-47)36-15-8-3-9-16-36/h1-31H. The fourth-order valence-corrected chi connectivity index (χ4v) is 7.40. The molecule has 0 bridgehead atoms. The number of furan rings is 2. The summed E-state index contributed by atoms with van der Waals surface area (Å²) in [6.07, 6.45) is 0. The molecule has 0 amide bonds. The first-order valence-electron chi connectivity index (χ1n) is 17.2. The zero-order valence-corrected chi connectivity index (χ0v) is 27.7. The van der Waals surface area contributed by atoms with E-state index in [1.54, 1.807) is 0 Å². The van der Waals surface area contributed by atoms with Crippen molar-refractivity contribution in [2.45, 2.75) is 0 Å². The lowest BCUT2D eigenvalue weighted by Gasteiger charge is -2.26. The molecular weight excluding hydrogens is 623 g/mol. The Hall–Kier alpha value is -6.84. The Balaban J connectivity index is 1.10. The van der Waals surface area contributed by atoms with Crippen LogP contribution in [0.4, 0.5) is 17.1 Å². The molecule has 51 heavy (non-hydrogen) atoms. The van der Waals surface area contributed by atoms with Crippen LogP contribution in [0, 0.1) is 0 Å². The second-order valence-corrected chi connectivity index (χ2v) is 12.9. The molecule has 0 unspecified atom stereocenters. The van der Waals surface area contributed by atoms with E-state index in [9.17, 15) is 0 Å². The third-order valence-corrected chi connectivity index (χ3v) is 9.88. The summed E-state index contributed by atoms with van der Waals surface area (Å²) in [6, 6.07) is 66.1. The van der Waals surface area contributed by atoms with Crippen LogP contribution in [-0.4, -0.2) is 0 Å². The fraction of sp³-hybridized carbons (Fsp3) is 0. The molecule has 0 atom stereocenters. The van der Waals surface area contributed by atoms with Gasteiger partial charge in [-0.15, -0.1) is 0 Å². The fourth-order valence-electron chi connectivity index (χ4n) is 7.40. The topological polar surface area (TPSA) is 29.5 Å². The van der Waals surface area contributed by atoms with Crippen LogP contribution in [0.5, 0.6) is 0 Å². The van der Waals surface area contributed by atoms with Crippen LogP contribution in [0.3, 0.4) is 0 Å². The van der Waals surface area contributed by atoms with Crippen LogP contribution in [-0.2, 0) is 0 Å². The summed E-state index contributed by atoms with van der Waals surface area (Å²) >= 11 is 0. The molecule has 10 rings (SSSR count). The van der Waals surface area contributed by atoms with Gasteiger partial charge < -0.3 is 13.7 Å². The summed E-state index contributed by atoms with van der Waals surface area (Å²) in [5.74, 6) is 0. The van der Waals surface area contributed by atoms with Gasteiger partial charge in [0.2, 0.25) is 0 Å². The van der Waals surface area contributed by atoms with E-state index in [4.69, 9.17) is 8.83 Å². The number of anilines is 3. The Morgan fingerprint density at radius 1 is 0.294 bits per heavy atom. The zero-order chi connectivity index (χ0) is 33.7. The number of fused-ring (bicyclic) bond motifs is 6. The number of hydrogen-bond acceptors (Lipinski definition) is 3. The van der Waals surface area contributed by atoms with Gasteiger partial charge in [-0.25, -0.2) is 0 Å². The molecule has 0 aliphatic rings. The van der Waals surface area contributed by atoms with Crippen molar-refractivity contribution in [1.29, 1.82) is 0 Å². The van der Waals surface area contributed by atoms with E-state index < -0.39 is 0 Å². The van der Waals surface area contributed by atoms with Crippen molar-refractivity contribution < 1.29 is 8.83 Å². The highest BCUT2D eigenvalue weighted by Gasteiger charge is 2.19. The SMILES string of the molecule is c1ccc(-c2ccc(N(c3ccc(-c4ccccc4)cc3)c3ccc4c(c3)oc3cc5c(cc34)oc3cccc(-c4ccccc4)c35)cc2)cc1. The third-order valence-electron chi connectivity index (χ3n) is 9.88. The third kappa shape index (κ3) is 5.06. The van der Waals surface area contributed by atoms with Gasteiger partial charge in [-0.1, -0.05) is 127 Å². The van der Waals surface area contributed by atoms with Crippen molar-refractivity contribution in [3.63, 3.8) is 0 Å². The maximum atomic E-state index is 6.67. The lowest BCUT2D eigenvalue weighted by molar-refractivity contribution is 0.664. The molecule has 0 fully saturated rings. The molecule has 0 aliphatic heterocycles. The molecule has 2 aromatic heterocycles. The molecule has 2 heterocycles. The molecule has 0 N–H and O–H groups in total. The quantitative estimate of drug-likeness (QED) is 0.179. The van der Waals surface area contributed by atoms with Crippen molar-refractivity contribution in [3.8, 4) is 33.4 Å². The average molecular weight is 654 g/mol. The monoisotopic (exact) mass is 653 g/mol. The second kappa shape index (κ2) is 11.9. The summed E-state index contributed by atoms with van der Waals surface area (Å²) in [6.45, 7) is 0. The molecule has 0 radical (unpaired) electrons. The number of hydrogen-bond donors (Lipinski definition) is 0. The summed E-state index contributed by atoms with van der Waals surface area (Å²) < 4.78 is 13.1. The first-order valence-corrected chi connectivity index (χ1v) is 17.2. The van der Waals surface area contributed by atoms with Crippen LogP contribution in [0.25, 0.3) is 77.3 Å². The van der Waals surface area contributed by atoms with Gasteiger partial charge in [0.1, 0.15) is 22.3 Å². The Kier molecular flexibility index (Phi) is 6.81. The summed E-state index contributed by atoms with van der Waals surface area (Å²) in [4.78, 5) is 2.29. The van der Waals surface area contributed by atoms with Crippen molar-refractivity contribution in [1.82, 2.24) is 0 Å². The summed E-state index contributed by atoms with van der Waals surface area (Å²) in [5, 5.41) is 4.24. The van der Waals surface area contributed by atoms with Crippen LogP contribution in [0.15, 0.2) is 197 Å². The molecule has 0 saturated carbocycles. The Bertz CT molecular complexity index is 2730. The first kappa shape index (κ1) is 29.1. The van der Waals surface area contributed by atoms with E-state index in [1.165, 1.54) is 22.3 Å². The van der Waals surface area contributed by atoms with Crippen LogP contribution in [0.2, 0.25) is 0 Å². The van der Waals surface area contributed by atoms with Crippen LogP contribution >= 0.6 is 0 Å². The van der Waals surface area contributed by atoms with Gasteiger partial charge in [0.05, 0.1) is 0 Å². The molecule has 0 aliphatic carbocycles. The number of benzene rings is 8. The highest BCUT2D eigenvalue weighted by Crippen LogP contribution is 2.43.